The minimum Gasteiger partial charge on any atom is -0.335 e. The molecule has 188 valence electrons. The van der Waals surface area contributed by atoms with Gasteiger partial charge in [-0.2, -0.15) is 0 Å². The maximum Gasteiger partial charge on any atom is 0.160 e. The fourth-order valence-electron chi connectivity index (χ4n) is 5.33. The number of hydrogen-bond donors (Lipinski definition) is 0. The molecule has 0 saturated carbocycles. The van der Waals surface area contributed by atoms with Crippen LogP contribution in [-0.2, 0) is 5.41 Å². The van der Waals surface area contributed by atoms with Gasteiger partial charge in [-0.05, 0) is 79.0 Å². The molecule has 0 N–H and O–H groups in total. The average molecular weight is 478 g/mol. The molecule has 35 heavy (non-hydrogen) atoms. The van der Waals surface area contributed by atoms with Gasteiger partial charge in [0.2, 0.25) is 0 Å². The summed E-state index contributed by atoms with van der Waals surface area (Å²) in [5.74, 6) is -1.64. The molecule has 3 aromatic carbocycles. The maximum atomic E-state index is 14.2. The van der Waals surface area contributed by atoms with Crippen LogP contribution in [-0.4, -0.2) is 5.54 Å². The van der Waals surface area contributed by atoms with Crippen LogP contribution in [0.2, 0.25) is 0 Å². The number of halogens is 2. The van der Waals surface area contributed by atoms with Gasteiger partial charge in [0.05, 0.1) is 0 Å². The monoisotopic (exact) mass is 477 g/mol. The second kappa shape index (κ2) is 11.4. The highest BCUT2D eigenvalue weighted by Gasteiger charge is 2.31. The Kier molecular flexibility index (Phi) is 8.74. The molecule has 0 aliphatic rings. The van der Waals surface area contributed by atoms with E-state index in [9.17, 15) is 8.78 Å². The van der Waals surface area contributed by atoms with E-state index in [0.717, 1.165) is 36.9 Å². The molecule has 0 saturated heterocycles. The lowest BCUT2D eigenvalue weighted by atomic mass is 9.76. The normalized spacial score (nSPS) is 14.9. The van der Waals surface area contributed by atoms with Gasteiger partial charge in [0, 0.05) is 23.0 Å². The van der Waals surface area contributed by atoms with E-state index in [1.165, 1.54) is 36.1 Å². The van der Waals surface area contributed by atoms with Crippen LogP contribution in [0.3, 0.4) is 0 Å². The Bertz CT molecular complexity index is 1090. The van der Waals surface area contributed by atoms with Gasteiger partial charge in [0.1, 0.15) is 0 Å². The number of nitrogens with zero attached hydrogens (tertiary/aromatic N) is 1. The third kappa shape index (κ3) is 5.77. The molecule has 0 fully saturated rings. The Labute approximate surface area is 211 Å². The zero-order chi connectivity index (χ0) is 25.6. The summed E-state index contributed by atoms with van der Waals surface area (Å²) < 4.78 is 27.9. The van der Waals surface area contributed by atoms with Crippen molar-refractivity contribution in [3.8, 4) is 11.1 Å². The summed E-state index contributed by atoms with van der Waals surface area (Å²) in [5, 5.41) is 0. The van der Waals surface area contributed by atoms with Crippen LogP contribution < -0.4 is 4.90 Å². The average Bonchev–Trinajstić information content (AvgIpc) is 2.87. The highest BCUT2D eigenvalue weighted by molar-refractivity contribution is 5.71. The fraction of sp³-hybridized carbons (Fsp3) is 0.438. The lowest BCUT2D eigenvalue weighted by Gasteiger charge is -2.43. The molecule has 0 aromatic heterocycles. The predicted molar refractivity (Wildman–Crippen MR) is 147 cm³/mol. The highest BCUT2D eigenvalue weighted by Crippen LogP contribution is 2.39. The summed E-state index contributed by atoms with van der Waals surface area (Å²) in [6.07, 6.45) is 6.32. The molecule has 0 bridgehead atoms. The first kappa shape index (κ1) is 26.9. The summed E-state index contributed by atoms with van der Waals surface area (Å²) in [4.78, 5) is 2.17. The molecule has 0 aliphatic heterocycles. The largest absolute Gasteiger partial charge is 0.335 e. The smallest absolute Gasteiger partial charge is 0.160 e. The summed E-state index contributed by atoms with van der Waals surface area (Å²) >= 11 is 0. The van der Waals surface area contributed by atoms with Crippen LogP contribution in [0.4, 0.5) is 20.2 Å². The lowest BCUT2D eigenvalue weighted by molar-refractivity contribution is 0.404. The maximum absolute atomic E-state index is 14.2. The van der Waals surface area contributed by atoms with Gasteiger partial charge in [-0.25, -0.2) is 8.78 Å². The molecule has 0 spiro atoms. The van der Waals surface area contributed by atoms with E-state index in [-0.39, 0.29) is 11.0 Å². The van der Waals surface area contributed by atoms with Crippen molar-refractivity contribution in [1.82, 2.24) is 0 Å². The third-order valence-corrected chi connectivity index (χ3v) is 7.87. The third-order valence-electron chi connectivity index (χ3n) is 7.87. The molecule has 0 heterocycles. The molecule has 1 unspecified atom stereocenters. The molecule has 3 aromatic rings. The van der Waals surface area contributed by atoms with Crippen LogP contribution in [0.5, 0.6) is 0 Å². The van der Waals surface area contributed by atoms with E-state index in [1.54, 1.807) is 6.07 Å². The predicted octanol–water partition coefficient (Wildman–Crippen LogP) is 10.2. The van der Waals surface area contributed by atoms with E-state index < -0.39 is 11.6 Å². The van der Waals surface area contributed by atoms with E-state index in [1.807, 2.05) is 0 Å². The van der Waals surface area contributed by atoms with E-state index in [0.29, 0.717) is 5.69 Å². The van der Waals surface area contributed by atoms with Gasteiger partial charge in [-0.15, -0.1) is 0 Å². The SMILES string of the molecule is CCCC(C)(CC)N(c1ccc(-c2ccc([C@](C)(CC)CCC)cc2)cc1)c1ccc(F)c(F)c1. The molecule has 0 radical (unpaired) electrons. The number of hydrogen-bond acceptors (Lipinski definition) is 1. The van der Waals surface area contributed by atoms with Crippen molar-refractivity contribution < 1.29 is 8.78 Å². The summed E-state index contributed by atoms with van der Waals surface area (Å²) in [5.41, 5.74) is 5.38. The van der Waals surface area contributed by atoms with E-state index >= 15 is 0 Å². The Morgan fingerprint density at radius 2 is 1.17 bits per heavy atom. The quantitative estimate of drug-likeness (QED) is 0.265. The van der Waals surface area contributed by atoms with Gasteiger partial charge in [0.25, 0.3) is 0 Å². The van der Waals surface area contributed by atoms with Crippen LogP contribution in [0, 0.1) is 11.6 Å². The van der Waals surface area contributed by atoms with Crippen molar-refractivity contribution in [2.45, 2.75) is 91.0 Å². The van der Waals surface area contributed by atoms with Crippen molar-refractivity contribution in [1.29, 1.82) is 0 Å². The Balaban J connectivity index is 1.97. The van der Waals surface area contributed by atoms with Gasteiger partial charge in [-0.3, -0.25) is 0 Å². The number of rotatable bonds is 11. The van der Waals surface area contributed by atoms with Crippen molar-refractivity contribution in [2.24, 2.45) is 0 Å². The Hall–Kier alpha value is -2.68. The molecule has 1 nitrogen and oxygen atoms in total. The fourth-order valence-corrected chi connectivity index (χ4v) is 5.33. The lowest BCUT2D eigenvalue weighted by Crippen LogP contribution is -2.43. The summed E-state index contributed by atoms with van der Waals surface area (Å²) in [7, 11) is 0. The topological polar surface area (TPSA) is 3.24 Å². The zero-order valence-corrected chi connectivity index (χ0v) is 22.3. The molecule has 0 aliphatic carbocycles. The number of benzene rings is 3. The van der Waals surface area contributed by atoms with Crippen molar-refractivity contribution >= 4 is 11.4 Å². The van der Waals surface area contributed by atoms with Crippen molar-refractivity contribution in [2.75, 3.05) is 4.90 Å². The molecule has 2 atom stereocenters. The molecule has 3 rings (SSSR count). The van der Waals surface area contributed by atoms with Crippen molar-refractivity contribution in [3.63, 3.8) is 0 Å². The molecular formula is C32H41F2N. The van der Waals surface area contributed by atoms with Gasteiger partial charge in [-0.1, -0.05) is 83.9 Å². The first-order chi connectivity index (χ1) is 16.7. The van der Waals surface area contributed by atoms with Gasteiger partial charge >= 0.3 is 0 Å². The standard InChI is InChI=1S/C32H41F2N/c1-7-21-31(5,9-3)26-15-11-24(12-16-26)25-13-17-27(18-14-25)35(32(6,10-4)22-8-2)28-19-20-29(33)30(34)23-28/h11-20,23H,7-10,21-22H2,1-6H3/t31-,32?/m1/s1. The van der Waals surface area contributed by atoms with Crippen LogP contribution >= 0.6 is 0 Å². The van der Waals surface area contributed by atoms with Crippen LogP contribution in [0.1, 0.15) is 85.6 Å². The van der Waals surface area contributed by atoms with Crippen LogP contribution in [0.15, 0.2) is 66.7 Å². The summed E-state index contributed by atoms with van der Waals surface area (Å²) in [6.45, 7) is 13.4. The molecule has 3 heteroatoms. The van der Waals surface area contributed by atoms with Gasteiger partial charge in [0.15, 0.2) is 11.6 Å². The van der Waals surface area contributed by atoms with Crippen molar-refractivity contribution in [3.05, 3.63) is 83.9 Å². The molecule has 0 amide bonds. The van der Waals surface area contributed by atoms with Crippen LogP contribution in [0.25, 0.3) is 11.1 Å². The first-order valence-corrected chi connectivity index (χ1v) is 13.2. The minimum absolute atomic E-state index is 0.214. The first-order valence-electron chi connectivity index (χ1n) is 13.2. The Morgan fingerprint density at radius 1 is 0.629 bits per heavy atom. The molecular weight excluding hydrogens is 436 g/mol. The zero-order valence-electron chi connectivity index (χ0n) is 22.3. The van der Waals surface area contributed by atoms with E-state index in [4.69, 9.17) is 0 Å². The highest BCUT2D eigenvalue weighted by atomic mass is 19.2. The van der Waals surface area contributed by atoms with E-state index in [2.05, 4.69) is 95.0 Å². The second-order valence-electron chi connectivity index (χ2n) is 10.3. The Morgan fingerprint density at radius 3 is 1.66 bits per heavy atom. The second-order valence-corrected chi connectivity index (χ2v) is 10.3. The minimum atomic E-state index is -0.820. The van der Waals surface area contributed by atoms with Gasteiger partial charge < -0.3 is 4.90 Å². The number of anilines is 2. The summed E-state index contributed by atoms with van der Waals surface area (Å²) in [6, 6.07) is 21.6.